The molecule has 0 radical (unpaired) electrons. The fraction of sp³-hybridized carbons (Fsp3) is 0.150. The van der Waals surface area contributed by atoms with Crippen LogP contribution in [0.5, 0.6) is 0 Å². The molecule has 2 aromatic carbocycles. The van der Waals surface area contributed by atoms with Gasteiger partial charge in [0.2, 0.25) is 5.91 Å². The molecular weight excluding hydrogens is 344 g/mol. The van der Waals surface area contributed by atoms with Crippen molar-refractivity contribution in [1.82, 2.24) is 15.2 Å². The summed E-state index contributed by atoms with van der Waals surface area (Å²) in [5.41, 5.74) is 2.47. The van der Waals surface area contributed by atoms with Crippen LogP contribution in [-0.4, -0.2) is 33.8 Å². The zero-order chi connectivity index (χ0) is 18.8. The number of anilines is 1. The third-order valence-electron chi connectivity index (χ3n) is 4.52. The summed E-state index contributed by atoms with van der Waals surface area (Å²) in [5, 5.41) is 6.34. The summed E-state index contributed by atoms with van der Waals surface area (Å²) in [6.07, 6.45) is 1.71. The Labute approximate surface area is 155 Å². The van der Waals surface area contributed by atoms with Crippen LogP contribution >= 0.6 is 0 Å². The summed E-state index contributed by atoms with van der Waals surface area (Å²) < 4.78 is 0. The fourth-order valence-electron chi connectivity index (χ4n) is 3.16. The fourth-order valence-corrected chi connectivity index (χ4v) is 3.16. The minimum atomic E-state index is -0.850. The molecule has 1 fully saturated rings. The van der Waals surface area contributed by atoms with E-state index in [9.17, 15) is 14.4 Å². The van der Waals surface area contributed by atoms with E-state index in [1.165, 1.54) is 0 Å². The molecule has 2 heterocycles. The van der Waals surface area contributed by atoms with Crippen molar-refractivity contribution in [2.45, 2.75) is 19.0 Å². The molecule has 0 bridgehead atoms. The summed E-state index contributed by atoms with van der Waals surface area (Å²) in [6.45, 7) is 0.188. The number of carbonyl (C=O) groups is 3. The van der Waals surface area contributed by atoms with Crippen LogP contribution < -0.4 is 10.6 Å². The van der Waals surface area contributed by atoms with E-state index >= 15 is 0 Å². The van der Waals surface area contributed by atoms with Crippen LogP contribution in [-0.2, 0) is 16.1 Å². The molecule has 0 spiro atoms. The molecule has 3 N–H and O–H groups in total. The summed E-state index contributed by atoms with van der Waals surface area (Å²) in [7, 11) is 0. The number of nitrogens with zero attached hydrogens (tertiary/aromatic N) is 1. The number of carbonyl (C=O) groups excluding carboxylic acids is 3. The van der Waals surface area contributed by atoms with Gasteiger partial charge in [-0.1, -0.05) is 30.3 Å². The highest BCUT2D eigenvalue weighted by molar-refractivity contribution is 6.07. The highest BCUT2D eigenvalue weighted by atomic mass is 16.2. The zero-order valence-electron chi connectivity index (χ0n) is 14.4. The lowest BCUT2D eigenvalue weighted by Crippen LogP contribution is -2.34. The average Bonchev–Trinajstić information content (AvgIpc) is 3.22. The molecule has 1 aliphatic rings. The Morgan fingerprint density at radius 3 is 2.70 bits per heavy atom. The van der Waals surface area contributed by atoms with Crippen LogP contribution in [0.2, 0.25) is 0 Å². The van der Waals surface area contributed by atoms with Crippen molar-refractivity contribution in [3.05, 3.63) is 66.4 Å². The van der Waals surface area contributed by atoms with Gasteiger partial charge in [0.05, 0.1) is 13.0 Å². The van der Waals surface area contributed by atoms with Crippen LogP contribution in [0.1, 0.15) is 12.0 Å². The summed E-state index contributed by atoms with van der Waals surface area (Å²) in [4.78, 5) is 41.2. The Balaban J connectivity index is 1.39. The maximum atomic E-state index is 12.5. The second kappa shape index (κ2) is 6.95. The number of fused-ring (bicyclic) bond motifs is 1. The van der Waals surface area contributed by atoms with Crippen molar-refractivity contribution in [3.63, 3.8) is 0 Å². The highest BCUT2D eigenvalue weighted by Crippen LogP contribution is 2.19. The van der Waals surface area contributed by atoms with Crippen molar-refractivity contribution < 1.29 is 14.4 Å². The van der Waals surface area contributed by atoms with E-state index in [0.29, 0.717) is 5.69 Å². The SMILES string of the molecule is O=C(C[C@@H]1NC(=O)N(Cc2ccccc2)C1=O)Nc1ccc2[nH]ccc2c1. The van der Waals surface area contributed by atoms with Crippen LogP contribution in [0.4, 0.5) is 10.5 Å². The van der Waals surface area contributed by atoms with Gasteiger partial charge < -0.3 is 15.6 Å². The number of aromatic nitrogens is 1. The smallest absolute Gasteiger partial charge is 0.325 e. The second-order valence-corrected chi connectivity index (χ2v) is 6.44. The van der Waals surface area contributed by atoms with Gasteiger partial charge in [0.25, 0.3) is 5.91 Å². The first-order valence-electron chi connectivity index (χ1n) is 8.63. The van der Waals surface area contributed by atoms with Crippen molar-refractivity contribution >= 4 is 34.4 Å². The van der Waals surface area contributed by atoms with Gasteiger partial charge in [-0.25, -0.2) is 4.79 Å². The number of imide groups is 1. The molecular formula is C20H18N4O3. The van der Waals surface area contributed by atoms with E-state index in [-0.39, 0.29) is 24.8 Å². The highest BCUT2D eigenvalue weighted by Gasteiger charge is 2.38. The number of H-pyrrole nitrogens is 1. The number of hydrogen-bond acceptors (Lipinski definition) is 3. The quantitative estimate of drug-likeness (QED) is 0.609. The maximum absolute atomic E-state index is 12.5. The molecule has 136 valence electrons. The molecule has 7 nitrogen and oxygen atoms in total. The zero-order valence-corrected chi connectivity index (χ0v) is 14.4. The molecule has 4 amide bonds. The van der Waals surface area contributed by atoms with E-state index < -0.39 is 12.1 Å². The topological polar surface area (TPSA) is 94.3 Å². The first kappa shape index (κ1) is 16.8. The maximum Gasteiger partial charge on any atom is 0.325 e. The third kappa shape index (κ3) is 3.52. The number of hydrogen-bond donors (Lipinski definition) is 3. The summed E-state index contributed by atoms with van der Waals surface area (Å²) in [5.74, 6) is -0.717. The molecule has 0 aliphatic carbocycles. The van der Waals surface area contributed by atoms with Gasteiger partial charge >= 0.3 is 6.03 Å². The van der Waals surface area contributed by atoms with E-state index in [0.717, 1.165) is 21.4 Å². The van der Waals surface area contributed by atoms with Crippen molar-refractivity contribution in [3.8, 4) is 0 Å². The minimum absolute atomic E-state index is 0.110. The van der Waals surface area contributed by atoms with Crippen LogP contribution in [0, 0.1) is 0 Å². The Kier molecular flexibility index (Phi) is 4.33. The number of nitrogens with one attached hydrogen (secondary N) is 3. The normalized spacial score (nSPS) is 16.6. The van der Waals surface area contributed by atoms with Gasteiger partial charge in [-0.3, -0.25) is 14.5 Å². The van der Waals surface area contributed by atoms with E-state index in [1.807, 2.05) is 54.7 Å². The molecule has 1 saturated heterocycles. The average molecular weight is 362 g/mol. The van der Waals surface area contributed by atoms with Gasteiger partial charge in [0.1, 0.15) is 6.04 Å². The molecule has 1 atom stereocenters. The molecule has 3 aromatic rings. The largest absolute Gasteiger partial charge is 0.361 e. The molecule has 4 rings (SSSR count). The lowest BCUT2D eigenvalue weighted by Gasteiger charge is -2.13. The lowest BCUT2D eigenvalue weighted by atomic mass is 10.1. The first-order valence-corrected chi connectivity index (χ1v) is 8.63. The van der Waals surface area contributed by atoms with Crippen molar-refractivity contribution in [1.29, 1.82) is 0 Å². The predicted octanol–water partition coefficient (Wildman–Crippen LogP) is 2.62. The number of amides is 4. The van der Waals surface area contributed by atoms with Gasteiger partial charge in [0.15, 0.2) is 0 Å². The Hall–Kier alpha value is -3.61. The van der Waals surface area contributed by atoms with Crippen LogP contribution in [0.15, 0.2) is 60.8 Å². The molecule has 1 aromatic heterocycles. The summed E-state index contributed by atoms with van der Waals surface area (Å²) in [6, 6.07) is 15.3. The van der Waals surface area contributed by atoms with Crippen molar-refractivity contribution in [2.75, 3.05) is 5.32 Å². The Morgan fingerprint density at radius 2 is 1.89 bits per heavy atom. The van der Waals surface area contributed by atoms with E-state index in [2.05, 4.69) is 15.6 Å². The van der Waals surface area contributed by atoms with Gasteiger partial charge in [-0.05, 0) is 29.8 Å². The lowest BCUT2D eigenvalue weighted by molar-refractivity contribution is -0.130. The molecule has 0 saturated carbocycles. The number of aromatic amines is 1. The monoisotopic (exact) mass is 362 g/mol. The second-order valence-electron chi connectivity index (χ2n) is 6.44. The number of rotatable bonds is 5. The molecule has 0 unspecified atom stereocenters. The van der Waals surface area contributed by atoms with Crippen LogP contribution in [0.3, 0.4) is 0 Å². The standard InChI is InChI=1S/C20H18N4O3/c25-18(22-15-6-7-16-14(10-15)8-9-21-16)11-17-19(26)24(20(27)23-17)12-13-4-2-1-3-5-13/h1-10,17,21H,11-12H2,(H,22,25)(H,23,27)/t17-/m0/s1. The van der Waals surface area contributed by atoms with Crippen molar-refractivity contribution in [2.24, 2.45) is 0 Å². The van der Waals surface area contributed by atoms with Gasteiger partial charge in [-0.15, -0.1) is 0 Å². The molecule has 1 aliphatic heterocycles. The van der Waals surface area contributed by atoms with E-state index in [4.69, 9.17) is 0 Å². The minimum Gasteiger partial charge on any atom is -0.361 e. The van der Waals surface area contributed by atoms with Crippen LogP contribution in [0.25, 0.3) is 10.9 Å². The summed E-state index contributed by atoms with van der Waals surface area (Å²) >= 11 is 0. The van der Waals surface area contributed by atoms with Gasteiger partial charge in [0, 0.05) is 22.8 Å². The Bertz CT molecular complexity index is 1010. The molecule has 27 heavy (non-hydrogen) atoms. The number of urea groups is 1. The van der Waals surface area contributed by atoms with E-state index in [1.54, 1.807) is 6.07 Å². The number of benzene rings is 2. The Morgan fingerprint density at radius 1 is 1.07 bits per heavy atom. The third-order valence-corrected chi connectivity index (χ3v) is 4.52. The molecule has 7 heteroatoms. The van der Waals surface area contributed by atoms with Gasteiger partial charge in [-0.2, -0.15) is 0 Å². The predicted molar refractivity (Wildman–Crippen MR) is 101 cm³/mol. The first-order chi connectivity index (χ1) is 13.1.